The van der Waals surface area contributed by atoms with Crippen molar-refractivity contribution in [1.82, 2.24) is 5.32 Å². The monoisotopic (exact) mass is 240 g/mol. The van der Waals surface area contributed by atoms with E-state index in [9.17, 15) is 9.18 Å². The van der Waals surface area contributed by atoms with Crippen molar-refractivity contribution >= 4 is 5.91 Å². The van der Waals surface area contributed by atoms with Crippen LogP contribution in [0.3, 0.4) is 0 Å². The molecule has 0 heterocycles. The Balaban J connectivity index is 2.56. The van der Waals surface area contributed by atoms with Crippen LogP contribution in [0.1, 0.15) is 18.4 Å². The Hall–Kier alpha value is -1.62. The minimum absolute atomic E-state index is 0.0956. The highest BCUT2D eigenvalue weighted by molar-refractivity contribution is 5.75. The second-order valence-electron chi connectivity index (χ2n) is 3.63. The number of methoxy groups -OCH3 is 1. The van der Waals surface area contributed by atoms with E-state index >= 15 is 0 Å². The number of rotatable bonds is 6. The summed E-state index contributed by atoms with van der Waals surface area (Å²) in [6, 6.07) is 4.21. The Bertz CT molecular complexity index is 383. The van der Waals surface area contributed by atoms with E-state index in [1.54, 1.807) is 0 Å². The fourth-order valence-electron chi connectivity index (χ4n) is 1.43. The van der Waals surface area contributed by atoms with Crippen LogP contribution in [0.25, 0.3) is 0 Å². The van der Waals surface area contributed by atoms with Gasteiger partial charge in [0, 0.05) is 18.5 Å². The Morgan fingerprint density at radius 2 is 2.29 bits per heavy atom. The summed E-state index contributed by atoms with van der Waals surface area (Å²) in [7, 11) is 1.51. The van der Waals surface area contributed by atoms with E-state index in [0.29, 0.717) is 30.7 Å². The van der Waals surface area contributed by atoms with Crippen LogP contribution < -0.4 is 15.8 Å². The molecule has 1 aromatic carbocycles. The Morgan fingerprint density at radius 1 is 1.53 bits per heavy atom. The molecule has 94 valence electrons. The third kappa shape index (κ3) is 4.40. The first-order valence-corrected chi connectivity index (χ1v) is 5.46. The molecular formula is C12H17FN2O2. The lowest BCUT2D eigenvalue weighted by atomic mass is 10.2. The molecule has 17 heavy (non-hydrogen) atoms. The van der Waals surface area contributed by atoms with Gasteiger partial charge < -0.3 is 15.8 Å². The van der Waals surface area contributed by atoms with Gasteiger partial charge in [0.2, 0.25) is 5.91 Å². The number of halogens is 1. The molecule has 3 N–H and O–H groups in total. The van der Waals surface area contributed by atoms with Crippen LogP contribution in [0.5, 0.6) is 5.75 Å². The smallest absolute Gasteiger partial charge is 0.220 e. The zero-order valence-corrected chi connectivity index (χ0v) is 9.83. The second kappa shape index (κ2) is 6.85. The summed E-state index contributed by atoms with van der Waals surface area (Å²) in [5, 5.41) is 2.69. The van der Waals surface area contributed by atoms with Crippen molar-refractivity contribution in [2.24, 2.45) is 5.73 Å². The maximum absolute atomic E-state index is 13.0. The second-order valence-corrected chi connectivity index (χ2v) is 3.63. The number of hydrogen-bond donors (Lipinski definition) is 2. The quantitative estimate of drug-likeness (QED) is 0.785. The molecule has 0 aliphatic carbocycles. The van der Waals surface area contributed by atoms with Crippen molar-refractivity contribution in [3.8, 4) is 5.75 Å². The summed E-state index contributed by atoms with van der Waals surface area (Å²) >= 11 is 0. The Labute approximate surface area is 100.0 Å². The van der Waals surface area contributed by atoms with E-state index < -0.39 is 0 Å². The fraction of sp³-hybridized carbons (Fsp3) is 0.417. The predicted molar refractivity (Wildman–Crippen MR) is 63.1 cm³/mol. The van der Waals surface area contributed by atoms with Crippen LogP contribution in [0.15, 0.2) is 18.2 Å². The van der Waals surface area contributed by atoms with Gasteiger partial charge in [-0.25, -0.2) is 4.39 Å². The fourth-order valence-corrected chi connectivity index (χ4v) is 1.43. The summed E-state index contributed by atoms with van der Waals surface area (Å²) in [6.07, 6.45) is 1.03. The summed E-state index contributed by atoms with van der Waals surface area (Å²) in [5.41, 5.74) is 5.92. The van der Waals surface area contributed by atoms with Gasteiger partial charge in [0.25, 0.3) is 0 Å². The average Bonchev–Trinajstić information content (AvgIpc) is 2.34. The number of ether oxygens (including phenoxy) is 1. The van der Waals surface area contributed by atoms with Crippen molar-refractivity contribution in [2.75, 3.05) is 13.7 Å². The molecule has 1 amide bonds. The van der Waals surface area contributed by atoms with Crippen molar-refractivity contribution in [3.05, 3.63) is 29.6 Å². The van der Waals surface area contributed by atoms with Crippen LogP contribution in [0.4, 0.5) is 4.39 Å². The SMILES string of the molecule is COc1ccc(F)cc1CNC(=O)CCCN. The molecule has 5 heteroatoms. The molecule has 0 spiro atoms. The molecule has 4 nitrogen and oxygen atoms in total. The molecule has 0 fully saturated rings. The van der Waals surface area contributed by atoms with Crippen LogP contribution in [0, 0.1) is 5.82 Å². The van der Waals surface area contributed by atoms with Gasteiger partial charge in [-0.1, -0.05) is 0 Å². The third-order valence-corrected chi connectivity index (χ3v) is 2.33. The van der Waals surface area contributed by atoms with Crippen LogP contribution >= 0.6 is 0 Å². The molecule has 1 aromatic rings. The van der Waals surface area contributed by atoms with Crippen LogP contribution in [-0.4, -0.2) is 19.6 Å². The molecule has 0 radical (unpaired) electrons. The summed E-state index contributed by atoms with van der Waals surface area (Å²) in [5.74, 6) is 0.115. The van der Waals surface area contributed by atoms with Crippen LogP contribution in [-0.2, 0) is 11.3 Å². The molecule has 0 saturated heterocycles. The molecule has 0 saturated carbocycles. The summed E-state index contributed by atoms with van der Waals surface area (Å²) in [6.45, 7) is 0.737. The predicted octanol–water partition coefficient (Wildman–Crippen LogP) is 1.19. The number of nitrogens with two attached hydrogens (primary N) is 1. The first kappa shape index (κ1) is 13.4. The molecule has 0 aliphatic heterocycles. The van der Waals surface area contributed by atoms with E-state index in [2.05, 4.69) is 5.32 Å². The molecular weight excluding hydrogens is 223 g/mol. The Morgan fingerprint density at radius 3 is 2.94 bits per heavy atom. The van der Waals surface area contributed by atoms with Crippen LogP contribution in [0.2, 0.25) is 0 Å². The number of nitrogens with one attached hydrogen (secondary N) is 1. The van der Waals surface area contributed by atoms with E-state index in [4.69, 9.17) is 10.5 Å². The highest BCUT2D eigenvalue weighted by Crippen LogP contribution is 2.18. The maximum atomic E-state index is 13.0. The molecule has 0 aromatic heterocycles. The van der Waals surface area contributed by atoms with E-state index in [1.165, 1.54) is 25.3 Å². The average molecular weight is 240 g/mol. The normalized spacial score (nSPS) is 10.1. The van der Waals surface area contributed by atoms with E-state index in [0.717, 1.165) is 0 Å². The highest BCUT2D eigenvalue weighted by atomic mass is 19.1. The van der Waals surface area contributed by atoms with E-state index in [-0.39, 0.29) is 18.3 Å². The molecule has 0 unspecified atom stereocenters. The number of benzene rings is 1. The first-order chi connectivity index (χ1) is 8.17. The molecule has 0 atom stereocenters. The minimum Gasteiger partial charge on any atom is -0.496 e. The van der Waals surface area contributed by atoms with Crippen molar-refractivity contribution in [2.45, 2.75) is 19.4 Å². The zero-order chi connectivity index (χ0) is 12.7. The number of hydrogen-bond acceptors (Lipinski definition) is 3. The maximum Gasteiger partial charge on any atom is 0.220 e. The van der Waals surface area contributed by atoms with E-state index in [1.807, 2.05) is 0 Å². The summed E-state index contributed by atoms with van der Waals surface area (Å²) < 4.78 is 18.1. The van der Waals surface area contributed by atoms with Gasteiger partial charge in [-0.05, 0) is 31.2 Å². The van der Waals surface area contributed by atoms with Gasteiger partial charge >= 0.3 is 0 Å². The molecule has 1 rings (SSSR count). The van der Waals surface area contributed by atoms with Gasteiger partial charge in [0.15, 0.2) is 0 Å². The van der Waals surface area contributed by atoms with Gasteiger partial charge in [-0.3, -0.25) is 4.79 Å². The van der Waals surface area contributed by atoms with Crippen molar-refractivity contribution in [3.63, 3.8) is 0 Å². The first-order valence-electron chi connectivity index (χ1n) is 5.46. The highest BCUT2D eigenvalue weighted by Gasteiger charge is 2.06. The lowest BCUT2D eigenvalue weighted by molar-refractivity contribution is -0.121. The largest absolute Gasteiger partial charge is 0.496 e. The van der Waals surface area contributed by atoms with Gasteiger partial charge in [0.1, 0.15) is 11.6 Å². The number of carbonyl (C=O) groups is 1. The third-order valence-electron chi connectivity index (χ3n) is 2.33. The van der Waals surface area contributed by atoms with Gasteiger partial charge in [-0.15, -0.1) is 0 Å². The minimum atomic E-state index is -0.350. The van der Waals surface area contributed by atoms with Crippen molar-refractivity contribution < 1.29 is 13.9 Å². The lowest BCUT2D eigenvalue weighted by Crippen LogP contribution is -2.23. The van der Waals surface area contributed by atoms with Gasteiger partial charge in [-0.2, -0.15) is 0 Å². The topological polar surface area (TPSA) is 64.3 Å². The number of amides is 1. The van der Waals surface area contributed by atoms with Crippen molar-refractivity contribution in [1.29, 1.82) is 0 Å². The lowest BCUT2D eigenvalue weighted by Gasteiger charge is -2.09. The summed E-state index contributed by atoms with van der Waals surface area (Å²) in [4.78, 5) is 11.4. The molecule has 0 aliphatic rings. The molecule has 0 bridgehead atoms. The zero-order valence-electron chi connectivity index (χ0n) is 9.83. The standard InChI is InChI=1S/C12H17FN2O2/c1-17-11-5-4-10(13)7-9(11)8-15-12(16)3-2-6-14/h4-5,7H,2-3,6,8,14H2,1H3,(H,15,16). The number of carbonyl (C=O) groups excluding carboxylic acids is 1. The van der Waals surface area contributed by atoms with Gasteiger partial charge in [0.05, 0.1) is 7.11 Å². The Kier molecular flexibility index (Phi) is 5.42.